The van der Waals surface area contributed by atoms with Crippen molar-refractivity contribution in [2.75, 3.05) is 18.5 Å². The predicted molar refractivity (Wildman–Crippen MR) is 54.8 cm³/mol. The quantitative estimate of drug-likeness (QED) is 0.547. The molecule has 1 aromatic rings. The van der Waals surface area contributed by atoms with Gasteiger partial charge in [-0.05, 0) is 18.8 Å². The highest BCUT2D eigenvalue weighted by molar-refractivity contribution is 5.55. The van der Waals surface area contributed by atoms with Crippen LogP contribution in [0.1, 0.15) is 13.8 Å². The van der Waals surface area contributed by atoms with Crippen molar-refractivity contribution in [2.24, 2.45) is 0 Å². The summed E-state index contributed by atoms with van der Waals surface area (Å²) in [5.74, 6) is -0.127. The third-order valence-corrected chi connectivity index (χ3v) is 1.78. The molecule has 0 aromatic carbocycles. The lowest BCUT2D eigenvalue weighted by atomic mass is 10.3. The summed E-state index contributed by atoms with van der Waals surface area (Å²) < 4.78 is 5.18. The maximum Gasteiger partial charge on any atom is 0.366 e. The van der Waals surface area contributed by atoms with E-state index >= 15 is 0 Å². The number of hydrogen-bond donors (Lipinski definition) is 2. The minimum Gasteiger partial charge on any atom is -0.380 e. The average Bonchev–Trinajstić information content (AvgIpc) is 2.62. The van der Waals surface area contributed by atoms with E-state index in [1.54, 1.807) is 0 Å². The third-order valence-electron chi connectivity index (χ3n) is 1.78. The van der Waals surface area contributed by atoms with Gasteiger partial charge in [0.1, 0.15) is 6.20 Å². The Morgan fingerprint density at radius 2 is 2.53 bits per heavy atom. The van der Waals surface area contributed by atoms with Gasteiger partial charge < -0.3 is 20.2 Å². The SMILES string of the molecule is CCOCC(C)Nc1cn[nH]c1[N+](=O)[O-]. The standard InChI is InChI=1S/C8H14N4O3/c1-3-15-5-6(2)10-7-4-9-11-8(7)12(13)14/h4,6,10H,3,5H2,1-2H3,(H,9,11). The van der Waals surface area contributed by atoms with E-state index in [0.717, 1.165) is 0 Å². The monoisotopic (exact) mass is 214 g/mol. The van der Waals surface area contributed by atoms with E-state index in [2.05, 4.69) is 15.5 Å². The van der Waals surface area contributed by atoms with Gasteiger partial charge in [0.25, 0.3) is 0 Å². The van der Waals surface area contributed by atoms with Crippen molar-refractivity contribution >= 4 is 11.5 Å². The number of aromatic nitrogens is 2. The molecule has 1 heterocycles. The molecule has 0 fully saturated rings. The van der Waals surface area contributed by atoms with Crippen molar-refractivity contribution in [3.63, 3.8) is 0 Å². The number of nitrogens with one attached hydrogen (secondary N) is 2. The fraction of sp³-hybridized carbons (Fsp3) is 0.625. The van der Waals surface area contributed by atoms with E-state index in [9.17, 15) is 10.1 Å². The second-order valence-corrected chi connectivity index (χ2v) is 3.09. The van der Waals surface area contributed by atoms with Crippen LogP contribution in [0.2, 0.25) is 0 Å². The van der Waals surface area contributed by atoms with Crippen LogP contribution >= 0.6 is 0 Å². The molecule has 0 amide bonds. The number of H-pyrrole nitrogens is 1. The second-order valence-electron chi connectivity index (χ2n) is 3.09. The molecule has 15 heavy (non-hydrogen) atoms. The average molecular weight is 214 g/mol. The Morgan fingerprint density at radius 3 is 3.13 bits per heavy atom. The highest BCUT2D eigenvalue weighted by Crippen LogP contribution is 2.20. The summed E-state index contributed by atoms with van der Waals surface area (Å²) in [7, 11) is 0. The highest BCUT2D eigenvalue weighted by atomic mass is 16.6. The topological polar surface area (TPSA) is 93.1 Å². The van der Waals surface area contributed by atoms with Gasteiger partial charge in [-0.15, -0.1) is 5.10 Å². The van der Waals surface area contributed by atoms with Crippen molar-refractivity contribution < 1.29 is 9.66 Å². The maximum absolute atomic E-state index is 10.5. The summed E-state index contributed by atoms with van der Waals surface area (Å²) in [6, 6.07) is 0.00116. The zero-order valence-electron chi connectivity index (χ0n) is 8.69. The number of hydrogen-bond acceptors (Lipinski definition) is 5. The molecule has 84 valence electrons. The van der Waals surface area contributed by atoms with Crippen molar-refractivity contribution in [1.82, 2.24) is 10.2 Å². The van der Waals surface area contributed by atoms with Crippen LogP contribution in [0.25, 0.3) is 0 Å². The van der Waals surface area contributed by atoms with Gasteiger partial charge in [-0.25, -0.2) is 0 Å². The minimum atomic E-state index is -0.511. The summed E-state index contributed by atoms with van der Waals surface area (Å²) in [5.41, 5.74) is 0.382. The van der Waals surface area contributed by atoms with Crippen LogP contribution in [0.5, 0.6) is 0 Å². The molecule has 0 radical (unpaired) electrons. The van der Waals surface area contributed by atoms with Gasteiger partial charge in [0.05, 0.1) is 6.61 Å². The van der Waals surface area contributed by atoms with Crippen LogP contribution in [0.15, 0.2) is 6.20 Å². The first-order valence-corrected chi connectivity index (χ1v) is 4.67. The molecule has 1 rings (SSSR count). The first-order valence-electron chi connectivity index (χ1n) is 4.67. The van der Waals surface area contributed by atoms with Crippen molar-refractivity contribution in [2.45, 2.75) is 19.9 Å². The Kier molecular flexibility index (Phi) is 4.04. The van der Waals surface area contributed by atoms with Crippen LogP contribution in [0.4, 0.5) is 11.5 Å². The molecule has 7 heteroatoms. The molecule has 0 aliphatic carbocycles. The number of anilines is 1. The first kappa shape index (κ1) is 11.4. The molecule has 0 saturated heterocycles. The third kappa shape index (κ3) is 3.21. The Morgan fingerprint density at radius 1 is 1.80 bits per heavy atom. The number of nitrogens with zero attached hydrogens (tertiary/aromatic N) is 2. The minimum absolute atomic E-state index is 0.00116. The summed E-state index contributed by atoms with van der Waals surface area (Å²) in [6.07, 6.45) is 1.39. The zero-order valence-corrected chi connectivity index (χ0v) is 8.69. The Labute approximate surface area is 87.0 Å². The molecule has 7 nitrogen and oxygen atoms in total. The Hall–Kier alpha value is -1.63. The molecule has 0 spiro atoms. The number of nitro groups is 1. The van der Waals surface area contributed by atoms with Gasteiger partial charge in [-0.1, -0.05) is 5.10 Å². The Balaban J connectivity index is 2.56. The lowest BCUT2D eigenvalue weighted by molar-refractivity contribution is -0.388. The molecular weight excluding hydrogens is 200 g/mol. The van der Waals surface area contributed by atoms with E-state index in [1.165, 1.54) is 6.20 Å². The normalized spacial score (nSPS) is 12.4. The Bertz CT molecular complexity index is 325. The molecule has 0 aliphatic heterocycles. The molecule has 0 bridgehead atoms. The molecule has 1 aromatic heterocycles. The summed E-state index contributed by atoms with van der Waals surface area (Å²) in [4.78, 5) is 10.0. The lowest BCUT2D eigenvalue weighted by Gasteiger charge is -2.12. The summed E-state index contributed by atoms with van der Waals surface area (Å²) in [5, 5.41) is 19.4. The van der Waals surface area contributed by atoms with Gasteiger partial charge in [0, 0.05) is 12.6 Å². The van der Waals surface area contributed by atoms with Crippen molar-refractivity contribution in [1.29, 1.82) is 0 Å². The van der Waals surface area contributed by atoms with Gasteiger partial charge in [0.15, 0.2) is 5.69 Å². The fourth-order valence-electron chi connectivity index (χ4n) is 1.13. The van der Waals surface area contributed by atoms with E-state index in [0.29, 0.717) is 18.9 Å². The molecule has 2 N–H and O–H groups in total. The molecular formula is C8H14N4O3. The van der Waals surface area contributed by atoms with Gasteiger partial charge in [-0.3, -0.25) is 0 Å². The lowest BCUT2D eigenvalue weighted by Crippen LogP contribution is -2.21. The van der Waals surface area contributed by atoms with Crippen LogP contribution in [-0.4, -0.2) is 34.4 Å². The maximum atomic E-state index is 10.5. The zero-order chi connectivity index (χ0) is 11.3. The van der Waals surface area contributed by atoms with Crippen molar-refractivity contribution in [3.8, 4) is 0 Å². The number of ether oxygens (including phenoxy) is 1. The molecule has 0 saturated carbocycles. The van der Waals surface area contributed by atoms with Crippen LogP contribution in [0, 0.1) is 10.1 Å². The van der Waals surface area contributed by atoms with Gasteiger partial charge in [-0.2, -0.15) is 0 Å². The number of aromatic amines is 1. The molecule has 0 aliphatic rings. The van der Waals surface area contributed by atoms with E-state index in [4.69, 9.17) is 4.74 Å². The van der Waals surface area contributed by atoms with Crippen LogP contribution in [0.3, 0.4) is 0 Å². The van der Waals surface area contributed by atoms with E-state index in [-0.39, 0.29) is 11.9 Å². The largest absolute Gasteiger partial charge is 0.380 e. The number of rotatable bonds is 6. The fourth-order valence-corrected chi connectivity index (χ4v) is 1.13. The van der Waals surface area contributed by atoms with E-state index < -0.39 is 4.92 Å². The van der Waals surface area contributed by atoms with Crippen molar-refractivity contribution in [3.05, 3.63) is 16.3 Å². The van der Waals surface area contributed by atoms with Gasteiger partial charge in [0.2, 0.25) is 0 Å². The molecule has 1 atom stereocenters. The smallest absolute Gasteiger partial charge is 0.366 e. The van der Waals surface area contributed by atoms with Crippen LogP contribution in [-0.2, 0) is 4.74 Å². The van der Waals surface area contributed by atoms with E-state index in [1.807, 2.05) is 13.8 Å². The van der Waals surface area contributed by atoms with Crippen LogP contribution < -0.4 is 5.32 Å². The summed E-state index contributed by atoms with van der Waals surface area (Å²) >= 11 is 0. The predicted octanol–water partition coefficient (Wildman–Crippen LogP) is 1.15. The van der Waals surface area contributed by atoms with Gasteiger partial charge >= 0.3 is 5.82 Å². The second kappa shape index (κ2) is 5.30. The summed E-state index contributed by atoms with van der Waals surface area (Å²) in [6.45, 7) is 4.90. The first-order chi connectivity index (χ1) is 7.15. The highest BCUT2D eigenvalue weighted by Gasteiger charge is 2.16. The molecule has 1 unspecified atom stereocenters.